The van der Waals surface area contributed by atoms with E-state index in [9.17, 15) is 9.90 Å². The zero-order chi connectivity index (χ0) is 16.9. The lowest BCUT2D eigenvalue weighted by Crippen LogP contribution is -2.46. The van der Waals surface area contributed by atoms with Gasteiger partial charge in [-0.15, -0.1) is 11.3 Å². The van der Waals surface area contributed by atoms with Gasteiger partial charge in [-0.3, -0.25) is 4.79 Å². The lowest BCUT2D eigenvalue weighted by molar-refractivity contribution is -0.0129. The van der Waals surface area contributed by atoms with Gasteiger partial charge in [0.1, 0.15) is 11.4 Å². The molecule has 0 bridgehead atoms. The Morgan fingerprint density at radius 2 is 2.00 bits per heavy atom. The molecule has 5 heteroatoms. The van der Waals surface area contributed by atoms with E-state index in [-0.39, 0.29) is 11.7 Å². The Hall–Kier alpha value is -1.69. The van der Waals surface area contributed by atoms with Crippen LogP contribution in [0.2, 0.25) is 0 Å². The van der Waals surface area contributed by atoms with Crippen molar-refractivity contribution in [3.05, 3.63) is 51.2 Å². The highest BCUT2D eigenvalue weighted by Crippen LogP contribution is 2.49. The van der Waals surface area contributed by atoms with Crippen molar-refractivity contribution in [3.63, 3.8) is 0 Å². The Morgan fingerprint density at radius 1 is 1.25 bits per heavy atom. The molecule has 1 aliphatic heterocycles. The fourth-order valence-electron chi connectivity index (χ4n) is 4.09. The first-order valence-electron chi connectivity index (χ1n) is 8.27. The van der Waals surface area contributed by atoms with Gasteiger partial charge in [0.15, 0.2) is 0 Å². The normalized spacial score (nSPS) is 24.5. The number of ketones is 1. The molecule has 1 unspecified atom stereocenters. The third-order valence-corrected chi connectivity index (χ3v) is 6.39. The Kier molecular flexibility index (Phi) is 3.75. The summed E-state index contributed by atoms with van der Waals surface area (Å²) in [5.41, 5.74) is 0.996. The Labute approximate surface area is 145 Å². The van der Waals surface area contributed by atoms with Gasteiger partial charge in [-0.05, 0) is 68.0 Å². The van der Waals surface area contributed by atoms with Gasteiger partial charge in [-0.1, -0.05) is 6.07 Å². The molecule has 126 valence electrons. The van der Waals surface area contributed by atoms with Gasteiger partial charge in [0, 0.05) is 11.1 Å². The van der Waals surface area contributed by atoms with Crippen LogP contribution in [0.3, 0.4) is 0 Å². The van der Waals surface area contributed by atoms with Crippen LogP contribution in [0.5, 0.6) is 5.75 Å². The Balaban J connectivity index is 1.89. The van der Waals surface area contributed by atoms with Crippen LogP contribution in [0.4, 0.5) is 0 Å². The van der Waals surface area contributed by atoms with Crippen LogP contribution < -0.4 is 4.74 Å². The molecule has 1 N–H and O–H groups in total. The molecule has 24 heavy (non-hydrogen) atoms. The number of hydrogen-bond acceptors (Lipinski definition) is 5. The zero-order valence-electron chi connectivity index (χ0n) is 13.9. The average Bonchev–Trinajstić information content (AvgIpc) is 3.10. The van der Waals surface area contributed by atoms with Crippen LogP contribution in [0.25, 0.3) is 0 Å². The fraction of sp³-hybridized carbons (Fsp3) is 0.421. The molecule has 1 aromatic carbocycles. The highest BCUT2D eigenvalue weighted by Gasteiger charge is 2.48. The number of methoxy groups -OCH3 is 1. The number of benzene rings is 1. The minimum Gasteiger partial charge on any atom is -0.497 e. The molecule has 2 heterocycles. The van der Waals surface area contributed by atoms with Crippen LogP contribution in [-0.4, -0.2) is 43.0 Å². The van der Waals surface area contributed by atoms with Crippen molar-refractivity contribution in [1.82, 2.24) is 4.90 Å². The number of thiophene rings is 1. The number of rotatable bonds is 2. The standard InChI is InChI=1S/C19H21NO3S/c1-20-8-5-12(6-9-20)19(22)15-4-3-13(23-2)11-14(15)17(21)18-16(19)7-10-24-18/h3-4,7,10-12,22H,5-6,8-9H2,1-2H3. The van der Waals surface area contributed by atoms with E-state index in [0.29, 0.717) is 16.2 Å². The third kappa shape index (κ3) is 2.15. The van der Waals surface area contributed by atoms with E-state index in [1.54, 1.807) is 13.2 Å². The highest BCUT2D eigenvalue weighted by molar-refractivity contribution is 7.12. The molecule has 4 rings (SSSR count). The smallest absolute Gasteiger partial charge is 0.203 e. The summed E-state index contributed by atoms with van der Waals surface area (Å²) >= 11 is 1.42. The molecule has 4 nitrogen and oxygen atoms in total. The maximum atomic E-state index is 12.9. The van der Waals surface area contributed by atoms with Gasteiger partial charge in [0.05, 0.1) is 12.0 Å². The molecule has 0 spiro atoms. The summed E-state index contributed by atoms with van der Waals surface area (Å²) in [4.78, 5) is 15.8. The largest absolute Gasteiger partial charge is 0.497 e. The SMILES string of the molecule is COc1ccc2c(c1)C(=O)c1sccc1C2(O)C1CCN(C)CC1. The van der Waals surface area contributed by atoms with E-state index in [0.717, 1.165) is 37.1 Å². The first-order valence-corrected chi connectivity index (χ1v) is 9.15. The maximum Gasteiger partial charge on any atom is 0.203 e. The molecule has 1 saturated heterocycles. The van der Waals surface area contributed by atoms with Gasteiger partial charge < -0.3 is 14.7 Å². The molecule has 1 aliphatic carbocycles. The molecule has 1 fully saturated rings. The average molecular weight is 343 g/mol. The number of nitrogens with zero attached hydrogens (tertiary/aromatic N) is 1. The summed E-state index contributed by atoms with van der Waals surface area (Å²) in [5, 5.41) is 13.8. The lowest BCUT2D eigenvalue weighted by Gasteiger charge is -2.43. The third-order valence-electron chi connectivity index (χ3n) is 5.47. The highest BCUT2D eigenvalue weighted by atomic mass is 32.1. The number of likely N-dealkylation sites (tertiary alicyclic amines) is 1. The van der Waals surface area contributed by atoms with E-state index < -0.39 is 5.60 Å². The molecule has 0 saturated carbocycles. The second-order valence-corrected chi connectivity index (χ2v) is 7.66. The molecule has 1 atom stereocenters. The van der Waals surface area contributed by atoms with Crippen molar-refractivity contribution < 1.29 is 14.6 Å². The first kappa shape index (κ1) is 15.8. The topological polar surface area (TPSA) is 49.8 Å². The van der Waals surface area contributed by atoms with Crippen LogP contribution in [0.1, 0.15) is 39.2 Å². The van der Waals surface area contributed by atoms with E-state index in [4.69, 9.17) is 4.74 Å². The van der Waals surface area contributed by atoms with Crippen molar-refractivity contribution in [2.75, 3.05) is 27.2 Å². The Bertz CT molecular complexity index is 792. The van der Waals surface area contributed by atoms with Crippen molar-refractivity contribution in [1.29, 1.82) is 0 Å². The lowest BCUT2D eigenvalue weighted by atomic mass is 9.67. The van der Waals surface area contributed by atoms with E-state index in [1.807, 2.05) is 23.6 Å². The summed E-state index contributed by atoms with van der Waals surface area (Å²) < 4.78 is 5.29. The second-order valence-electron chi connectivity index (χ2n) is 6.75. The number of fused-ring (bicyclic) bond motifs is 2. The first-order chi connectivity index (χ1) is 11.6. The van der Waals surface area contributed by atoms with E-state index in [1.165, 1.54) is 11.3 Å². The molecule has 0 radical (unpaired) electrons. The minimum atomic E-state index is -1.09. The molecule has 2 aromatic rings. The number of aliphatic hydroxyl groups is 1. The number of carbonyl (C=O) groups excluding carboxylic acids is 1. The predicted molar refractivity (Wildman–Crippen MR) is 94.0 cm³/mol. The van der Waals surface area contributed by atoms with Crippen molar-refractivity contribution >= 4 is 17.1 Å². The van der Waals surface area contributed by atoms with Gasteiger partial charge in [-0.2, -0.15) is 0 Å². The van der Waals surface area contributed by atoms with Gasteiger partial charge in [0.25, 0.3) is 0 Å². The van der Waals surface area contributed by atoms with Gasteiger partial charge in [0.2, 0.25) is 5.78 Å². The summed E-state index contributed by atoms with van der Waals surface area (Å²) in [6, 6.07) is 7.39. The van der Waals surface area contributed by atoms with Crippen molar-refractivity contribution in [2.45, 2.75) is 18.4 Å². The fourth-order valence-corrected chi connectivity index (χ4v) is 5.00. The van der Waals surface area contributed by atoms with Crippen LogP contribution >= 0.6 is 11.3 Å². The molecular formula is C19H21NO3S. The van der Waals surface area contributed by atoms with Crippen molar-refractivity contribution in [3.8, 4) is 5.75 Å². The van der Waals surface area contributed by atoms with Gasteiger partial charge >= 0.3 is 0 Å². The number of carbonyl (C=O) groups is 1. The second kappa shape index (κ2) is 5.69. The predicted octanol–water partition coefficient (Wildman–Crippen LogP) is 2.88. The monoisotopic (exact) mass is 343 g/mol. The number of hydrogen-bond donors (Lipinski definition) is 1. The Morgan fingerprint density at radius 3 is 2.71 bits per heavy atom. The van der Waals surface area contributed by atoms with Crippen LogP contribution in [-0.2, 0) is 5.60 Å². The number of piperidine rings is 1. The summed E-state index contributed by atoms with van der Waals surface area (Å²) in [7, 11) is 3.70. The molecule has 2 aliphatic rings. The summed E-state index contributed by atoms with van der Waals surface area (Å²) in [6.07, 6.45) is 1.84. The summed E-state index contributed by atoms with van der Waals surface area (Å²) in [6.45, 7) is 1.93. The van der Waals surface area contributed by atoms with Crippen LogP contribution in [0.15, 0.2) is 29.6 Å². The zero-order valence-corrected chi connectivity index (χ0v) is 14.7. The molecular weight excluding hydrogens is 322 g/mol. The minimum absolute atomic E-state index is 0.00787. The van der Waals surface area contributed by atoms with E-state index in [2.05, 4.69) is 11.9 Å². The number of ether oxygens (including phenoxy) is 1. The van der Waals surface area contributed by atoms with E-state index >= 15 is 0 Å². The van der Waals surface area contributed by atoms with Gasteiger partial charge in [-0.25, -0.2) is 0 Å². The molecule has 1 aromatic heterocycles. The van der Waals surface area contributed by atoms with Crippen LogP contribution in [0, 0.1) is 5.92 Å². The quantitative estimate of drug-likeness (QED) is 0.911. The van der Waals surface area contributed by atoms with Crippen molar-refractivity contribution in [2.24, 2.45) is 5.92 Å². The molecule has 0 amide bonds. The maximum absolute atomic E-state index is 12.9. The summed E-state index contributed by atoms with van der Waals surface area (Å²) in [5.74, 6) is 0.752.